The number of rotatable bonds is 9. The lowest BCUT2D eigenvalue weighted by atomic mass is 10.2. The van der Waals surface area contributed by atoms with Crippen LogP contribution in [-0.4, -0.2) is 38.9 Å². The van der Waals surface area contributed by atoms with Crippen LogP contribution in [0.25, 0.3) is 11.0 Å². The average molecular weight is 617 g/mol. The van der Waals surface area contributed by atoms with Crippen molar-refractivity contribution in [3.63, 3.8) is 0 Å². The molecule has 0 aliphatic heterocycles. The number of hydrogen-bond acceptors (Lipinski definition) is 8. The first kappa shape index (κ1) is 29.3. The molecule has 0 bridgehead atoms. The normalized spacial score (nSPS) is 11.3. The van der Waals surface area contributed by atoms with Gasteiger partial charge in [-0.2, -0.15) is 0 Å². The number of para-hydroxylation sites is 2. The molecule has 1 aromatic heterocycles. The van der Waals surface area contributed by atoms with Gasteiger partial charge in [0.15, 0.2) is 22.4 Å². The van der Waals surface area contributed by atoms with Gasteiger partial charge in [0.1, 0.15) is 11.5 Å². The van der Waals surface area contributed by atoms with Gasteiger partial charge in [0.2, 0.25) is 10.0 Å². The van der Waals surface area contributed by atoms with Crippen LogP contribution in [0.3, 0.4) is 0 Å². The molecule has 0 aliphatic rings. The second kappa shape index (κ2) is 13.2. The van der Waals surface area contributed by atoms with Gasteiger partial charge in [-0.05, 0) is 54.6 Å². The molecule has 5 rings (SSSR count). The van der Waals surface area contributed by atoms with E-state index in [9.17, 15) is 13.6 Å². The Labute approximate surface area is 253 Å². The average Bonchev–Trinajstić information content (AvgIpc) is 3.01. The van der Waals surface area contributed by atoms with Crippen molar-refractivity contribution >= 4 is 68.5 Å². The first-order chi connectivity index (χ1) is 20.8. The maximum atomic E-state index is 12.8. The quantitative estimate of drug-likeness (QED) is 0.105. The fourth-order valence-corrected chi connectivity index (χ4v) is 4.66. The number of nitrogens with one attached hydrogen (secondary N) is 1. The Bertz CT molecular complexity index is 1880. The molecule has 1 unspecified atom stereocenters. The highest BCUT2D eigenvalue weighted by Crippen LogP contribution is 2.36. The van der Waals surface area contributed by atoms with Crippen LogP contribution in [-0.2, 0) is 11.3 Å². The lowest BCUT2D eigenvalue weighted by Gasteiger charge is -2.22. The summed E-state index contributed by atoms with van der Waals surface area (Å²) in [5, 5.41) is 11.3. The summed E-state index contributed by atoms with van der Waals surface area (Å²) < 4.78 is 35.1. The number of anilines is 4. The molecule has 1 amide bonds. The molecule has 0 saturated carbocycles. The van der Waals surface area contributed by atoms with E-state index in [0.717, 1.165) is 4.31 Å². The third-order valence-electron chi connectivity index (χ3n) is 5.97. The number of carbonyl (C=O) groups is 1. The van der Waals surface area contributed by atoms with Crippen LogP contribution >= 0.6 is 11.6 Å². The number of ether oxygens (including phenoxy) is 2. The van der Waals surface area contributed by atoms with Crippen molar-refractivity contribution in [2.45, 2.75) is 0 Å². The van der Waals surface area contributed by atoms with E-state index in [1.807, 2.05) is 6.07 Å². The SMILES string of the molecule is COc1cc(Nc2nc3ccccc3nc2N(c2cccc(N=[N+]=NC(=O)c3ccc(Cl)cc3)c2)S(=O)O)cc(OC)c1. The third-order valence-corrected chi connectivity index (χ3v) is 6.91. The molecule has 43 heavy (non-hydrogen) atoms. The van der Waals surface area contributed by atoms with Crippen LogP contribution in [0.15, 0.2) is 101 Å². The van der Waals surface area contributed by atoms with Crippen LogP contribution < -0.4 is 24.0 Å². The Morgan fingerprint density at radius 1 is 0.930 bits per heavy atom. The number of halogens is 1. The molecule has 4 aromatic carbocycles. The molecule has 0 aliphatic carbocycles. The number of aromatic nitrogens is 2. The van der Waals surface area contributed by atoms with Crippen molar-refractivity contribution in [1.82, 2.24) is 14.9 Å². The molecule has 1 heterocycles. The van der Waals surface area contributed by atoms with Gasteiger partial charge in [-0.25, -0.2) is 18.5 Å². The summed E-state index contributed by atoms with van der Waals surface area (Å²) in [4.78, 5) is 25.3. The fraction of sp³-hybridized carbons (Fsp3) is 0.0690. The van der Waals surface area contributed by atoms with E-state index in [1.165, 1.54) is 32.4 Å². The smallest absolute Gasteiger partial charge is 0.360 e. The zero-order valence-corrected chi connectivity index (χ0v) is 24.3. The van der Waals surface area contributed by atoms with E-state index in [4.69, 9.17) is 26.1 Å². The van der Waals surface area contributed by atoms with Crippen molar-refractivity contribution in [2.24, 2.45) is 10.2 Å². The van der Waals surface area contributed by atoms with Gasteiger partial charge in [0.25, 0.3) is 11.3 Å². The third kappa shape index (κ3) is 7.00. The van der Waals surface area contributed by atoms with Gasteiger partial charge in [-0.1, -0.05) is 29.8 Å². The summed E-state index contributed by atoms with van der Waals surface area (Å²) >= 11 is 3.27. The molecule has 0 saturated heterocycles. The molecule has 5 aromatic rings. The minimum absolute atomic E-state index is 0.0537. The van der Waals surface area contributed by atoms with Gasteiger partial charge in [-0.3, -0.25) is 9.35 Å². The fourth-order valence-electron chi connectivity index (χ4n) is 3.97. The summed E-state index contributed by atoms with van der Waals surface area (Å²) in [7, 11) is 3.06. The van der Waals surface area contributed by atoms with Crippen LogP contribution in [0.1, 0.15) is 10.4 Å². The van der Waals surface area contributed by atoms with Gasteiger partial charge in [-0.15, -0.1) is 0 Å². The number of hydrogen-bond donors (Lipinski definition) is 2. The second-order valence-electron chi connectivity index (χ2n) is 8.76. The molecule has 1 atom stereocenters. The minimum Gasteiger partial charge on any atom is -0.497 e. The Hall–Kier alpha value is -5.20. The largest absolute Gasteiger partial charge is 0.497 e. The first-order valence-corrected chi connectivity index (χ1v) is 14.0. The van der Waals surface area contributed by atoms with Crippen molar-refractivity contribution < 1.29 is 23.0 Å². The summed E-state index contributed by atoms with van der Waals surface area (Å²) in [5.41, 5.74) is 2.40. The summed E-state index contributed by atoms with van der Waals surface area (Å²) in [5.74, 6) is 0.687. The molecule has 0 fully saturated rings. The van der Waals surface area contributed by atoms with Crippen molar-refractivity contribution in [3.8, 4) is 11.5 Å². The van der Waals surface area contributed by atoms with Crippen LogP contribution in [0.4, 0.5) is 28.7 Å². The Morgan fingerprint density at radius 2 is 1.60 bits per heavy atom. The number of amides is 1. The highest BCUT2D eigenvalue weighted by Gasteiger charge is 2.24. The Balaban J connectivity index is 1.54. The summed E-state index contributed by atoms with van der Waals surface area (Å²) in [6.07, 6.45) is 0. The van der Waals surface area contributed by atoms with Crippen molar-refractivity contribution in [2.75, 3.05) is 23.8 Å². The van der Waals surface area contributed by atoms with Crippen LogP contribution in [0.2, 0.25) is 5.02 Å². The molecule has 14 heteroatoms. The monoisotopic (exact) mass is 616 g/mol. The highest BCUT2D eigenvalue weighted by molar-refractivity contribution is 7.81. The van der Waals surface area contributed by atoms with Crippen molar-refractivity contribution in [3.05, 3.63) is 102 Å². The van der Waals surface area contributed by atoms with Crippen molar-refractivity contribution in [1.29, 1.82) is 0 Å². The predicted molar refractivity (Wildman–Crippen MR) is 164 cm³/mol. The molecule has 0 spiro atoms. The summed E-state index contributed by atoms with van der Waals surface area (Å²) in [6.45, 7) is 0. The molecule has 12 nitrogen and oxygen atoms in total. The lowest BCUT2D eigenvalue weighted by molar-refractivity contribution is 0.0992. The second-order valence-corrected chi connectivity index (χ2v) is 10.0. The van der Waals surface area contributed by atoms with Crippen LogP contribution in [0.5, 0.6) is 11.5 Å². The predicted octanol–water partition coefficient (Wildman–Crippen LogP) is 6.76. The highest BCUT2D eigenvalue weighted by atomic mass is 35.5. The maximum absolute atomic E-state index is 12.8. The van der Waals surface area contributed by atoms with E-state index < -0.39 is 17.2 Å². The van der Waals surface area contributed by atoms with Gasteiger partial charge in [0.05, 0.1) is 30.9 Å². The van der Waals surface area contributed by atoms with Gasteiger partial charge < -0.3 is 14.8 Å². The van der Waals surface area contributed by atoms with E-state index in [0.29, 0.717) is 38.8 Å². The lowest BCUT2D eigenvalue weighted by Crippen LogP contribution is -2.22. The maximum Gasteiger partial charge on any atom is 0.360 e. The Morgan fingerprint density at radius 3 is 2.26 bits per heavy atom. The number of nitrogens with zero attached hydrogens (tertiary/aromatic N) is 6. The molecular weight excluding hydrogens is 594 g/mol. The number of methoxy groups -OCH3 is 2. The standard InChI is InChI=1S/C29H22ClN7O5S/c1-41-23-15-21(16-24(17-23)42-2)31-27-28(33-26-9-4-3-8-25(26)32-27)37(43(39)40)22-7-5-6-20(14-22)34-36-35-29(38)18-10-12-19(30)13-11-18/h3-17H,1-2H3,(H-,31,32,39,40)/p+1. The number of fused-ring (bicyclic) bond motifs is 1. The topological polar surface area (TPSA) is 153 Å². The number of benzene rings is 4. The van der Waals surface area contributed by atoms with Crippen LogP contribution in [0, 0.1) is 0 Å². The van der Waals surface area contributed by atoms with E-state index in [2.05, 4.69) is 25.4 Å². The molecule has 2 N–H and O–H groups in total. The van der Waals surface area contributed by atoms with E-state index in [-0.39, 0.29) is 23.0 Å². The summed E-state index contributed by atoms with van der Waals surface area (Å²) in [6, 6.07) is 24.8. The first-order valence-electron chi connectivity index (χ1n) is 12.5. The number of carbonyl (C=O) groups excluding carboxylic acids is 1. The van der Waals surface area contributed by atoms with Gasteiger partial charge in [0, 0.05) is 34.5 Å². The zero-order chi connectivity index (χ0) is 30.3. The molecule has 0 radical (unpaired) electrons. The Kier molecular flexibility index (Phi) is 8.99. The minimum atomic E-state index is -2.60. The zero-order valence-electron chi connectivity index (χ0n) is 22.7. The molecular formula is C29H23ClN7O5S+. The van der Waals surface area contributed by atoms with Gasteiger partial charge >= 0.3 is 5.91 Å². The van der Waals surface area contributed by atoms with E-state index >= 15 is 0 Å². The molecule has 216 valence electrons. The van der Waals surface area contributed by atoms with E-state index in [1.54, 1.807) is 66.7 Å².